The van der Waals surface area contributed by atoms with Gasteiger partial charge in [-0.3, -0.25) is 4.79 Å². The fourth-order valence-corrected chi connectivity index (χ4v) is 3.64. The lowest BCUT2D eigenvalue weighted by Crippen LogP contribution is -2.38. The predicted molar refractivity (Wildman–Crippen MR) is 110 cm³/mol. The number of hydrogen-bond acceptors (Lipinski definition) is 3. The Bertz CT molecular complexity index is 1040. The van der Waals surface area contributed by atoms with Gasteiger partial charge in [0.2, 0.25) is 5.91 Å². The molecule has 1 aliphatic rings. The highest BCUT2D eigenvalue weighted by molar-refractivity contribution is 5.95. The van der Waals surface area contributed by atoms with Crippen molar-refractivity contribution in [2.75, 3.05) is 6.61 Å². The minimum atomic E-state index is -4.50. The maximum atomic E-state index is 13.2. The van der Waals surface area contributed by atoms with Crippen LogP contribution in [0.15, 0.2) is 72.5 Å². The second-order valence-electron chi connectivity index (χ2n) is 7.37. The number of nitrogens with zero attached hydrogens (tertiary/aromatic N) is 1. The summed E-state index contributed by atoms with van der Waals surface area (Å²) >= 11 is 0. The summed E-state index contributed by atoms with van der Waals surface area (Å²) in [6.07, 6.45) is -3.22. The van der Waals surface area contributed by atoms with Gasteiger partial charge >= 0.3 is 12.1 Å². The number of rotatable bonds is 6. The van der Waals surface area contributed by atoms with Gasteiger partial charge in [-0.2, -0.15) is 13.2 Å². The lowest BCUT2D eigenvalue weighted by atomic mass is 9.83. The van der Waals surface area contributed by atoms with E-state index in [1.807, 2.05) is 0 Å². The Morgan fingerprint density at radius 3 is 2.34 bits per heavy atom. The highest BCUT2D eigenvalue weighted by atomic mass is 19.4. The minimum absolute atomic E-state index is 0.0543. The van der Waals surface area contributed by atoms with E-state index in [0.717, 1.165) is 12.1 Å². The third-order valence-electron chi connectivity index (χ3n) is 5.27. The molecule has 0 saturated heterocycles. The minimum Gasteiger partial charge on any atom is -0.458 e. The number of ether oxygens (including phenoxy) is 1. The molecule has 2 aromatic carbocycles. The molecule has 0 aliphatic carbocycles. The fourth-order valence-electron chi connectivity index (χ4n) is 3.64. The van der Waals surface area contributed by atoms with E-state index in [4.69, 9.17) is 4.74 Å². The molecule has 0 aromatic heterocycles. The number of halogens is 4. The van der Waals surface area contributed by atoms with Crippen LogP contribution >= 0.6 is 0 Å². The molecular formula is C24H21F4NO3. The van der Waals surface area contributed by atoms with Crippen LogP contribution in [0.2, 0.25) is 0 Å². The maximum Gasteiger partial charge on any atom is 0.416 e. The first-order valence-corrected chi connectivity index (χ1v) is 9.82. The summed E-state index contributed by atoms with van der Waals surface area (Å²) in [4.78, 5) is 27.2. The second kappa shape index (κ2) is 9.38. The first-order chi connectivity index (χ1) is 15.1. The zero-order valence-electron chi connectivity index (χ0n) is 17.3. The summed E-state index contributed by atoms with van der Waals surface area (Å²) in [6, 6.07) is 10.00. The lowest BCUT2D eigenvalue weighted by Gasteiger charge is -2.34. The summed E-state index contributed by atoms with van der Waals surface area (Å²) in [7, 11) is 0. The van der Waals surface area contributed by atoms with Gasteiger partial charge in [-0.1, -0.05) is 36.9 Å². The van der Waals surface area contributed by atoms with Gasteiger partial charge < -0.3 is 9.64 Å². The predicted octanol–water partition coefficient (Wildman–Crippen LogP) is 5.36. The maximum absolute atomic E-state index is 13.2. The zero-order chi connectivity index (χ0) is 23.5. The molecule has 0 saturated carbocycles. The number of alkyl halides is 3. The Hall–Kier alpha value is -3.42. The van der Waals surface area contributed by atoms with E-state index in [1.54, 1.807) is 6.92 Å². The van der Waals surface area contributed by atoms with Crippen molar-refractivity contribution in [2.24, 2.45) is 0 Å². The van der Waals surface area contributed by atoms with Crippen LogP contribution in [-0.4, -0.2) is 23.4 Å². The molecule has 32 heavy (non-hydrogen) atoms. The van der Waals surface area contributed by atoms with Crippen molar-refractivity contribution in [3.05, 3.63) is 95.0 Å². The van der Waals surface area contributed by atoms with Gasteiger partial charge in [0.15, 0.2) is 0 Å². The van der Waals surface area contributed by atoms with Crippen LogP contribution in [0.1, 0.15) is 36.0 Å². The summed E-state index contributed by atoms with van der Waals surface area (Å²) in [5.41, 5.74) is 0.763. The molecule has 0 fully saturated rings. The Morgan fingerprint density at radius 2 is 1.78 bits per heavy atom. The van der Waals surface area contributed by atoms with Crippen LogP contribution in [0.5, 0.6) is 0 Å². The van der Waals surface area contributed by atoms with E-state index in [1.165, 1.54) is 47.4 Å². The van der Waals surface area contributed by atoms with Crippen molar-refractivity contribution >= 4 is 11.9 Å². The van der Waals surface area contributed by atoms with E-state index in [2.05, 4.69) is 6.58 Å². The number of benzene rings is 2. The largest absolute Gasteiger partial charge is 0.458 e. The molecule has 1 aliphatic heterocycles. The highest BCUT2D eigenvalue weighted by Crippen LogP contribution is 2.39. The molecule has 1 atom stereocenters. The van der Waals surface area contributed by atoms with Gasteiger partial charge in [0.05, 0.1) is 17.7 Å². The highest BCUT2D eigenvalue weighted by Gasteiger charge is 2.37. The standard InChI is InChI=1S/C24H21F4NO3/c1-3-12-32-23(31)22-15(2)29(14-16-4-10-19(25)11-5-16)21(30)13-20(22)17-6-8-18(9-7-17)24(26,27)28/h3-11,20H,1,12-14H2,2H3. The first-order valence-electron chi connectivity index (χ1n) is 9.82. The Kier molecular flexibility index (Phi) is 6.81. The van der Waals surface area contributed by atoms with E-state index >= 15 is 0 Å². The van der Waals surface area contributed by atoms with Gasteiger partial charge in [-0.05, 0) is 42.3 Å². The van der Waals surface area contributed by atoms with Crippen LogP contribution in [0.3, 0.4) is 0 Å². The third kappa shape index (κ3) is 5.07. The van der Waals surface area contributed by atoms with Crippen LogP contribution in [-0.2, 0) is 27.0 Å². The number of carbonyl (C=O) groups excluding carboxylic acids is 2. The van der Waals surface area contributed by atoms with E-state index in [9.17, 15) is 27.2 Å². The molecule has 3 rings (SSSR count). The smallest absolute Gasteiger partial charge is 0.416 e. The van der Waals surface area contributed by atoms with Gasteiger partial charge in [0.25, 0.3) is 0 Å². The van der Waals surface area contributed by atoms with Crippen LogP contribution < -0.4 is 0 Å². The van der Waals surface area contributed by atoms with E-state index in [0.29, 0.717) is 16.8 Å². The average molecular weight is 447 g/mol. The summed E-state index contributed by atoms with van der Waals surface area (Å²) in [5, 5.41) is 0. The van der Waals surface area contributed by atoms with E-state index < -0.39 is 29.4 Å². The molecule has 1 amide bonds. The van der Waals surface area contributed by atoms with E-state index in [-0.39, 0.29) is 31.1 Å². The molecular weight excluding hydrogens is 426 g/mol. The molecule has 0 spiro atoms. The molecule has 0 N–H and O–H groups in total. The molecule has 168 valence electrons. The number of hydrogen-bond donors (Lipinski definition) is 0. The second-order valence-corrected chi connectivity index (χ2v) is 7.37. The first kappa shape index (κ1) is 23.2. The van der Waals surface area contributed by atoms with Gasteiger partial charge in [-0.15, -0.1) is 0 Å². The third-order valence-corrected chi connectivity index (χ3v) is 5.27. The average Bonchev–Trinajstić information content (AvgIpc) is 2.75. The normalized spacial score (nSPS) is 16.8. The SMILES string of the molecule is C=CCOC(=O)C1=C(C)N(Cc2ccc(F)cc2)C(=O)CC1c1ccc(C(F)(F)F)cc1. The fraction of sp³-hybridized carbons (Fsp3) is 0.250. The molecule has 1 unspecified atom stereocenters. The van der Waals surface area contributed by atoms with Crippen molar-refractivity contribution in [1.82, 2.24) is 4.90 Å². The Labute approximate surface area is 182 Å². The van der Waals surface area contributed by atoms with Crippen molar-refractivity contribution in [2.45, 2.75) is 32.0 Å². The Balaban J connectivity index is 2.00. The Morgan fingerprint density at radius 1 is 1.16 bits per heavy atom. The summed E-state index contributed by atoms with van der Waals surface area (Å²) < 4.78 is 57.2. The lowest BCUT2D eigenvalue weighted by molar-refractivity contribution is -0.140. The molecule has 1 heterocycles. The van der Waals surface area contributed by atoms with Crippen molar-refractivity contribution in [3.8, 4) is 0 Å². The van der Waals surface area contributed by atoms with Crippen LogP contribution in [0.4, 0.5) is 17.6 Å². The van der Waals surface area contributed by atoms with Gasteiger partial charge in [0, 0.05) is 18.0 Å². The molecule has 2 aromatic rings. The van der Waals surface area contributed by atoms with Crippen LogP contribution in [0, 0.1) is 5.82 Å². The quantitative estimate of drug-likeness (QED) is 0.340. The number of allylic oxidation sites excluding steroid dienone is 1. The topological polar surface area (TPSA) is 46.6 Å². The van der Waals surface area contributed by atoms with Crippen molar-refractivity contribution in [1.29, 1.82) is 0 Å². The van der Waals surface area contributed by atoms with Gasteiger partial charge in [0.1, 0.15) is 12.4 Å². The number of esters is 1. The zero-order valence-corrected chi connectivity index (χ0v) is 17.3. The molecule has 0 bridgehead atoms. The van der Waals surface area contributed by atoms with Crippen LogP contribution in [0.25, 0.3) is 0 Å². The summed E-state index contributed by atoms with van der Waals surface area (Å²) in [5.74, 6) is -2.16. The number of amides is 1. The number of carbonyl (C=O) groups is 2. The summed E-state index contributed by atoms with van der Waals surface area (Å²) in [6.45, 7) is 5.15. The van der Waals surface area contributed by atoms with Crippen molar-refractivity contribution < 1.29 is 31.9 Å². The molecule has 4 nitrogen and oxygen atoms in total. The molecule has 8 heteroatoms. The molecule has 0 radical (unpaired) electrons. The van der Waals surface area contributed by atoms with Crippen molar-refractivity contribution in [3.63, 3.8) is 0 Å². The van der Waals surface area contributed by atoms with Gasteiger partial charge in [-0.25, -0.2) is 9.18 Å². The monoisotopic (exact) mass is 447 g/mol.